The molecule has 0 radical (unpaired) electrons. The van der Waals surface area contributed by atoms with Gasteiger partial charge in [-0.2, -0.15) is 0 Å². The van der Waals surface area contributed by atoms with Crippen LogP contribution in [0.1, 0.15) is 15.9 Å². The van der Waals surface area contributed by atoms with Gasteiger partial charge in [0.15, 0.2) is 0 Å². The van der Waals surface area contributed by atoms with Crippen molar-refractivity contribution < 1.29 is 4.79 Å². The summed E-state index contributed by atoms with van der Waals surface area (Å²) in [5.41, 5.74) is 3.52. The van der Waals surface area contributed by atoms with Crippen LogP contribution in [0.2, 0.25) is 0 Å². The van der Waals surface area contributed by atoms with Crippen LogP contribution in [0.25, 0.3) is 10.9 Å². The predicted octanol–water partition coefficient (Wildman–Crippen LogP) is 2.97. The van der Waals surface area contributed by atoms with Crippen LogP contribution in [0.4, 0.5) is 11.5 Å². The average molecular weight is 349 g/mol. The first-order valence-corrected chi connectivity index (χ1v) is 8.57. The lowest BCUT2D eigenvalue weighted by Gasteiger charge is -2.17. The summed E-state index contributed by atoms with van der Waals surface area (Å²) in [5.74, 6) is 0.704. The third-order valence-corrected chi connectivity index (χ3v) is 4.24. The molecule has 0 aliphatic heterocycles. The number of rotatable bonds is 6. The maximum atomic E-state index is 12.5. The summed E-state index contributed by atoms with van der Waals surface area (Å²) in [6.45, 7) is 3.45. The van der Waals surface area contributed by atoms with Crippen molar-refractivity contribution in [1.29, 1.82) is 0 Å². The molecule has 2 aromatic carbocycles. The highest BCUT2D eigenvalue weighted by atomic mass is 16.2. The molecule has 3 aromatic rings. The summed E-state index contributed by atoms with van der Waals surface area (Å²) >= 11 is 0. The molecule has 0 aliphatic rings. The Morgan fingerprint density at radius 1 is 1.12 bits per heavy atom. The third kappa shape index (κ3) is 3.97. The summed E-state index contributed by atoms with van der Waals surface area (Å²) in [5, 5.41) is 7.24. The molecule has 0 atom stereocenters. The number of aromatic nitrogens is 2. The van der Waals surface area contributed by atoms with Crippen molar-refractivity contribution in [3.8, 4) is 0 Å². The zero-order valence-electron chi connectivity index (χ0n) is 15.3. The first-order chi connectivity index (χ1) is 12.6. The molecular weight excluding hydrogens is 326 g/mol. The van der Waals surface area contributed by atoms with Crippen LogP contribution < -0.4 is 10.6 Å². The molecule has 1 heterocycles. The molecule has 0 fully saturated rings. The molecule has 0 bridgehead atoms. The Labute approximate surface area is 153 Å². The van der Waals surface area contributed by atoms with Gasteiger partial charge < -0.3 is 15.5 Å². The van der Waals surface area contributed by atoms with Gasteiger partial charge in [0.1, 0.15) is 12.1 Å². The average Bonchev–Trinajstić information content (AvgIpc) is 2.67. The molecule has 0 spiro atoms. The second-order valence-corrected chi connectivity index (χ2v) is 6.28. The van der Waals surface area contributed by atoms with E-state index < -0.39 is 0 Å². The van der Waals surface area contributed by atoms with Gasteiger partial charge in [-0.15, -0.1) is 0 Å². The molecule has 0 unspecified atom stereocenters. The minimum Gasteiger partial charge on any atom is -0.340 e. The zero-order chi connectivity index (χ0) is 18.5. The van der Waals surface area contributed by atoms with Gasteiger partial charge in [-0.05, 0) is 44.3 Å². The Morgan fingerprint density at radius 2 is 1.88 bits per heavy atom. The van der Waals surface area contributed by atoms with Crippen LogP contribution in [0, 0.1) is 6.92 Å². The monoisotopic (exact) mass is 349 g/mol. The standard InChI is InChI=1S/C20H23N5O/c1-14-4-7-16(8-5-14)24-19-17-9-6-15(12-18(17)22-13-23-19)20(26)25(3)11-10-21-2/h4-9,12-13,21H,10-11H2,1-3H3,(H,22,23,24). The normalized spacial score (nSPS) is 10.7. The highest BCUT2D eigenvalue weighted by Crippen LogP contribution is 2.24. The van der Waals surface area contributed by atoms with E-state index in [9.17, 15) is 4.79 Å². The van der Waals surface area contributed by atoms with Crippen LogP contribution in [-0.4, -0.2) is 48.0 Å². The van der Waals surface area contributed by atoms with E-state index in [4.69, 9.17) is 0 Å². The highest BCUT2D eigenvalue weighted by molar-refractivity contribution is 6.00. The van der Waals surface area contributed by atoms with Gasteiger partial charge in [0.05, 0.1) is 5.52 Å². The highest BCUT2D eigenvalue weighted by Gasteiger charge is 2.13. The van der Waals surface area contributed by atoms with E-state index in [0.29, 0.717) is 12.1 Å². The number of aryl methyl sites for hydroxylation is 1. The van der Waals surface area contributed by atoms with E-state index in [1.165, 1.54) is 11.9 Å². The minimum atomic E-state index is -0.0196. The van der Waals surface area contributed by atoms with E-state index >= 15 is 0 Å². The number of benzene rings is 2. The number of anilines is 2. The molecule has 134 valence electrons. The van der Waals surface area contributed by atoms with Crippen molar-refractivity contribution in [2.75, 3.05) is 32.5 Å². The molecule has 6 nitrogen and oxygen atoms in total. The Kier molecular flexibility index (Phi) is 5.43. The van der Waals surface area contributed by atoms with Crippen LogP contribution in [0.5, 0.6) is 0 Å². The Balaban J connectivity index is 1.87. The number of nitrogens with one attached hydrogen (secondary N) is 2. The quantitative estimate of drug-likeness (QED) is 0.716. The number of hydrogen-bond donors (Lipinski definition) is 2. The SMILES string of the molecule is CNCCN(C)C(=O)c1ccc2c(Nc3ccc(C)cc3)ncnc2c1. The first kappa shape index (κ1) is 17.8. The Hall–Kier alpha value is -2.99. The Morgan fingerprint density at radius 3 is 2.62 bits per heavy atom. The fourth-order valence-electron chi connectivity index (χ4n) is 2.66. The van der Waals surface area contributed by atoms with Crippen molar-refractivity contribution in [2.24, 2.45) is 0 Å². The summed E-state index contributed by atoms with van der Waals surface area (Å²) in [6.07, 6.45) is 1.51. The molecular formula is C20H23N5O. The summed E-state index contributed by atoms with van der Waals surface area (Å²) in [6, 6.07) is 13.6. The lowest BCUT2D eigenvalue weighted by atomic mass is 10.1. The van der Waals surface area contributed by atoms with Crippen LogP contribution >= 0.6 is 0 Å². The fourth-order valence-corrected chi connectivity index (χ4v) is 2.66. The molecule has 0 saturated heterocycles. The number of carbonyl (C=O) groups excluding carboxylic acids is 1. The van der Waals surface area contributed by atoms with E-state index in [-0.39, 0.29) is 5.91 Å². The molecule has 0 saturated carbocycles. The smallest absolute Gasteiger partial charge is 0.253 e. The summed E-state index contributed by atoms with van der Waals surface area (Å²) < 4.78 is 0. The molecule has 26 heavy (non-hydrogen) atoms. The number of amides is 1. The number of carbonyl (C=O) groups is 1. The van der Waals surface area contributed by atoms with Crippen molar-refractivity contribution in [3.05, 3.63) is 59.9 Å². The van der Waals surface area contributed by atoms with Crippen LogP contribution in [0.15, 0.2) is 48.8 Å². The number of fused-ring (bicyclic) bond motifs is 1. The van der Waals surface area contributed by atoms with Crippen molar-refractivity contribution in [2.45, 2.75) is 6.92 Å². The van der Waals surface area contributed by atoms with Gasteiger partial charge >= 0.3 is 0 Å². The minimum absolute atomic E-state index is 0.0196. The van der Waals surface area contributed by atoms with Gasteiger partial charge in [-0.3, -0.25) is 4.79 Å². The van der Waals surface area contributed by atoms with Gasteiger partial charge in [-0.25, -0.2) is 9.97 Å². The van der Waals surface area contributed by atoms with E-state index in [2.05, 4.69) is 27.5 Å². The Bertz CT molecular complexity index is 908. The lowest BCUT2D eigenvalue weighted by Crippen LogP contribution is -2.32. The molecule has 2 N–H and O–H groups in total. The van der Waals surface area contributed by atoms with Gasteiger partial charge in [0.25, 0.3) is 5.91 Å². The van der Waals surface area contributed by atoms with Crippen molar-refractivity contribution in [3.63, 3.8) is 0 Å². The molecule has 1 amide bonds. The summed E-state index contributed by atoms with van der Waals surface area (Å²) in [4.78, 5) is 22.9. The van der Waals surface area contributed by atoms with Gasteiger partial charge in [0.2, 0.25) is 0 Å². The molecule has 6 heteroatoms. The van der Waals surface area contributed by atoms with Gasteiger partial charge in [-0.1, -0.05) is 17.7 Å². The second kappa shape index (κ2) is 7.93. The van der Waals surface area contributed by atoms with Crippen LogP contribution in [0.3, 0.4) is 0 Å². The van der Waals surface area contributed by atoms with Crippen molar-refractivity contribution >= 4 is 28.3 Å². The second-order valence-electron chi connectivity index (χ2n) is 6.28. The maximum absolute atomic E-state index is 12.5. The summed E-state index contributed by atoms with van der Waals surface area (Å²) in [7, 11) is 3.67. The number of hydrogen-bond acceptors (Lipinski definition) is 5. The third-order valence-electron chi connectivity index (χ3n) is 4.24. The fraction of sp³-hybridized carbons (Fsp3) is 0.250. The zero-order valence-corrected chi connectivity index (χ0v) is 15.3. The number of nitrogens with zero attached hydrogens (tertiary/aromatic N) is 3. The molecule has 0 aliphatic carbocycles. The van der Waals surface area contributed by atoms with Gasteiger partial charge in [0, 0.05) is 36.8 Å². The van der Waals surface area contributed by atoms with E-state index in [1.807, 2.05) is 49.5 Å². The molecule has 1 aromatic heterocycles. The first-order valence-electron chi connectivity index (χ1n) is 8.57. The predicted molar refractivity (Wildman–Crippen MR) is 105 cm³/mol. The van der Waals surface area contributed by atoms with Crippen molar-refractivity contribution in [1.82, 2.24) is 20.2 Å². The largest absolute Gasteiger partial charge is 0.340 e. The topological polar surface area (TPSA) is 70.2 Å². The van der Waals surface area contributed by atoms with E-state index in [1.54, 1.807) is 11.9 Å². The van der Waals surface area contributed by atoms with E-state index in [0.717, 1.165) is 29.0 Å². The van der Waals surface area contributed by atoms with Crippen LogP contribution in [-0.2, 0) is 0 Å². The lowest BCUT2D eigenvalue weighted by molar-refractivity contribution is 0.0797. The maximum Gasteiger partial charge on any atom is 0.253 e. The number of likely N-dealkylation sites (N-methyl/N-ethyl adjacent to an activating group) is 2. The molecule has 3 rings (SSSR count).